The summed E-state index contributed by atoms with van der Waals surface area (Å²) in [6.07, 6.45) is 3.72. The first kappa shape index (κ1) is 8.77. The molecule has 1 heterocycles. The van der Waals surface area contributed by atoms with Gasteiger partial charge in [0, 0.05) is 6.92 Å². The molecule has 4 heteroatoms. The first-order valence-electron chi connectivity index (χ1n) is 3.88. The smallest absolute Gasteiger partial charge is 0.357 e. The molecular formula is C8H13N2O2+. The zero-order chi connectivity index (χ0) is 9.14. The van der Waals surface area contributed by atoms with Crippen LogP contribution in [0.4, 0.5) is 0 Å². The average Bonchev–Trinajstić information content (AvgIpc) is 2.32. The maximum absolute atomic E-state index is 10.7. The molecule has 0 atom stereocenters. The van der Waals surface area contributed by atoms with Gasteiger partial charge in [-0.2, -0.15) is 9.13 Å². The van der Waals surface area contributed by atoms with Gasteiger partial charge in [-0.05, 0) is 6.92 Å². The van der Waals surface area contributed by atoms with Crippen LogP contribution in [0.5, 0.6) is 6.01 Å². The van der Waals surface area contributed by atoms with E-state index in [1.165, 1.54) is 6.92 Å². The number of esters is 1. The third kappa shape index (κ3) is 1.64. The van der Waals surface area contributed by atoms with Crippen LogP contribution in [0.15, 0.2) is 12.4 Å². The van der Waals surface area contributed by atoms with Crippen LogP contribution in [0.25, 0.3) is 0 Å². The van der Waals surface area contributed by atoms with Crippen molar-refractivity contribution in [2.45, 2.75) is 20.4 Å². The number of aromatic nitrogens is 2. The number of aryl methyl sites for hydroxylation is 2. The minimum absolute atomic E-state index is 0.293. The van der Waals surface area contributed by atoms with Crippen LogP contribution in [-0.4, -0.2) is 10.5 Å². The number of imidazole rings is 1. The fraction of sp³-hybridized carbons (Fsp3) is 0.500. The largest absolute Gasteiger partial charge is 0.463 e. The zero-order valence-electron chi connectivity index (χ0n) is 7.57. The third-order valence-corrected chi connectivity index (χ3v) is 1.59. The van der Waals surface area contributed by atoms with Gasteiger partial charge >= 0.3 is 12.0 Å². The quantitative estimate of drug-likeness (QED) is 0.470. The SMILES string of the molecule is CC[n+]1ccn(C)c1OC(C)=O. The number of nitrogens with zero attached hydrogens (tertiary/aromatic N) is 2. The van der Waals surface area contributed by atoms with E-state index in [0.717, 1.165) is 6.54 Å². The highest BCUT2D eigenvalue weighted by atomic mass is 16.5. The highest BCUT2D eigenvalue weighted by Gasteiger charge is 2.16. The lowest BCUT2D eigenvalue weighted by Crippen LogP contribution is -2.33. The van der Waals surface area contributed by atoms with E-state index >= 15 is 0 Å². The van der Waals surface area contributed by atoms with Gasteiger partial charge < -0.3 is 4.74 Å². The van der Waals surface area contributed by atoms with Crippen LogP contribution in [0, 0.1) is 0 Å². The number of hydrogen-bond acceptors (Lipinski definition) is 2. The van der Waals surface area contributed by atoms with Crippen molar-refractivity contribution in [1.29, 1.82) is 0 Å². The van der Waals surface area contributed by atoms with Crippen molar-refractivity contribution in [2.24, 2.45) is 7.05 Å². The molecule has 0 saturated carbocycles. The molecule has 1 aromatic heterocycles. The molecule has 0 radical (unpaired) electrons. The Morgan fingerprint density at radius 3 is 2.92 bits per heavy atom. The Hall–Kier alpha value is -1.32. The molecule has 0 N–H and O–H groups in total. The molecule has 0 aliphatic heterocycles. The lowest BCUT2D eigenvalue weighted by molar-refractivity contribution is -0.696. The highest BCUT2D eigenvalue weighted by Crippen LogP contribution is 2.02. The first-order chi connectivity index (χ1) is 5.65. The van der Waals surface area contributed by atoms with Crippen molar-refractivity contribution in [3.63, 3.8) is 0 Å². The Morgan fingerprint density at radius 1 is 1.75 bits per heavy atom. The summed E-state index contributed by atoms with van der Waals surface area (Å²) in [5, 5.41) is 0. The number of carbonyl (C=O) groups excluding carboxylic acids is 1. The van der Waals surface area contributed by atoms with E-state index in [1.54, 1.807) is 4.57 Å². The van der Waals surface area contributed by atoms with Crippen LogP contribution in [0.1, 0.15) is 13.8 Å². The Bertz CT molecular complexity index is 291. The van der Waals surface area contributed by atoms with Gasteiger partial charge in [0.2, 0.25) is 0 Å². The molecule has 0 aromatic carbocycles. The Balaban J connectivity index is 2.94. The van der Waals surface area contributed by atoms with Crippen molar-refractivity contribution in [3.8, 4) is 6.01 Å². The van der Waals surface area contributed by atoms with E-state index in [0.29, 0.717) is 6.01 Å². The molecule has 66 valence electrons. The van der Waals surface area contributed by atoms with Crippen molar-refractivity contribution in [3.05, 3.63) is 12.4 Å². The Kier molecular flexibility index (Phi) is 2.47. The molecule has 0 bridgehead atoms. The first-order valence-corrected chi connectivity index (χ1v) is 3.88. The molecule has 0 spiro atoms. The van der Waals surface area contributed by atoms with Gasteiger partial charge in [0.05, 0.1) is 13.6 Å². The molecule has 4 nitrogen and oxygen atoms in total. The van der Waals surface area contributed by atoms with Gasteiger partial charge in [0.1, 0.15) is 12.4 Å². The van der Waals surface area contributed by atoms with E-state index < -0.39 is 0 Å². The van der Waals surface area contributed by atoms with Crippen molar-refractivity contribution in [2.75, 3.05) is 0 Å². The molecular weight excluding hydrogens is 156 g/mol. The predicted octanol–water partition coefficient (Wildman–Crippen LogP) is 0.258. The van der Waals surface area contributed by atoms with E-state index in [2.05, 4.69) is 0 Å². The topological polar surface area (TPSA) is 35.1 Å². The summed E-state index contributed by atoms with van der Waals surface area (Å²) in [5.41, 5.74) is 0. The summed E-state index contributed by atoms with van der Waals surface area (Å²) in [7, 11) is 1.84. The van der Waals surface area contributed by atoms with Crippen molar-refractivity contribution >= 4 is 5.97 Å². The van der Waals surface area contributed by atoms with Crippen molar-refractivity contribution < 1.29 is 14.1 Å². The van der Waals surface area contributed by atoms with Crippen LogP contribution in [0.3, 0.4) is 0 Å². The fourth-order valence-corrected chi connectivity index (χ4v) is 1.01. The Labute approximate surface area is 71.4 Å². The predicted molar refractivity (Wildman–Crippen MR) is 42.6 cm³/mol. The second-order valence-corrected chi connectivity index (χ2v) is 2.57. The van der Waals surface area contributed by atoms with Crippen molar-refractivity contribution in [1.82, 2.24) is 4.57 Å². The second-order valence-electron chi connectivity index (χ2n) is 2.57. The maximum atomic E-state index is 10.7. The van der Waals surface area contributed by atoms with E-state index in [-0.39, 0.29) is 5.97 Å². The lowest BCUT2D eigenvalue weighted by Gasteiger charge is -1.97. The number of ether oxygens (including phenoxy) is 1. The molecule has 0 fully saturated rings. The van der Waals surface area contributed by atoms with Crippen LogP contribution in [0.2, 0.25) is 0 Å². The van der Waals surface area contributed by atoms with Crippen LogP contribution >= 0.6 is 0 Å². The van der Waals surface area contributed by atoms with E-state index in [1.807, 2.05) is 30.9 Å². The molecule has 1 aromatic rings. The minimum Gasteiger partial charge on any atom is -0.357 e. The van der Waals surface area contributed by atoms with Gasteiger partial charge in [-0.15, -0.1) is 0 Å². The van der Waals surface area contributed by atoms with Gasteiger partial charge in [0.15, 0.2) is 0 Å². The maximum Gasteiger partial charge on any atom is 0.463 e. The minimum atomic E-state index is -0.293. The van der Waals surface area contributed by atoms with Gasteiger partial charge in [-0.25, -0.2) is 0 Å². The summed E-state index contributed by atoms with van der Waals surface area (Å²) in [6.45, 7) is 4.18. The molecule has 0 amide bonds. The number of hydrogen-bond donors (Lipinski definition) is 0. The van der Waals surface area contributed by atoms with Gasteiger partial charge in [-0.3, -0.25) is 4.79 Å². The van der Waals surface area contributed by atoms with Gasteiger partial charge in [0.25, 0.3) is 0 Å². The third-order valence-electron chi connectivity index (χ3n) is 1.59. The second kappa shape index (κ2) is 3.38. The normalized spacial score (nSPS) is 9.92. The van der Waals surface area contributed by atoms with Gasteiger partial charge in [-0.1, -0.05) is 0 Å². The molecule has 0 aliphatic carbocycles. The number of carbonyl (C=O) groups is 1. The van der Waals surface area contributed by atoms with E-state index in [4.69, 9.17) is 4.74 Å². The lowest BCUT2D eigenvalue weighted by atomic mass is 10.7. The molecule has 12 heavy (non-hydrogen) atoms. The molecule has 0 saturated heterocycles. The highest BCUT2D eigenvalue weighted by molar-refractivity contribution is 5.67. The standard InChI is InChI=1S/C8H13N2O2/c1-4-10-6-5-9(3)8(10)12-7(2)11/h5-6H,4H2,1-3H3/q+1. The molecule has 0 unspecified atom stereocenters. The number of rotatable bonds is 2. The monoisotopic (exact) mass is 169 g/mol. The molecule has 1 rings (SSSR count). The van der Waals surface area contributed by atoms with Crippen LogP contribution < -0.4 is 9.30 Å². The summed E-state index contributed by atoms with van der Waals surface area (Å²) in [6, 6.07) is 0.574. The van der Waals surface area contributed by atoms with Crippen LogP contribution in [-0.2, 0) is 18.4 Å². The molecule has 0 aliphatic rings. The Morgan fingerprint density at radius 2 is 2.42 bits per heavy atom. The van der Waals surface area contributed by atoms with E-state index in [9.17, 15) is 4.79 Å². The summed E-state index contributed by atoms with van der Waals surface area (Å²) in [4.78, 5) is 10.7. The average molecular weight is 169 g/mol. The summed E-state index contributed by atoms with van der Waals surface area (Å²) < 4.78 is 8.63. The zero-order valence-corrected chi connectivity index (χ0v) is 7.57. The fourth-order valence-electron chi connectivity index (χ4n) is 1.01. The summed E-state index contributed by atoms with van der Waals surface area (Å²) in [5.74, 6) is -0.293. The summed E-state index contributed by atoms with van der Waals surface area (Å²) >= 11 is 0.